The molecule has 0 unspecified atom stereocenters. The van der Waals surface area contributed by atoms with E-state index in [9.17, 15) is 0 Å². The van der Waals surface area contributed by atoms with Crippen LogP contribution in [-0.4, -0.2) is 27.3 Å². The number of hydrogen-bond donors (Lipinski definition) is 2. The maximum atomic E-state index is 5.68. The SMILES string of the molecule is C=CCNc1ccccc1N=C(NN(c1ccccc1)c1c(-c2cc(C)on2)c(-c2ccccc2)nn1-c1ccccc1)c1ccccc1. The predicted molar refractivity (Wildman–Crippen MR) is 199 cm³/mol. The molecule has 0 amide bonds. The van der Waals surface area contributed by atoms with Crippen LogP contribution in [0.2, 0.25) is 0 Å². The molecule has 0 atom stereocenters. The quantitative estimate of drug-likeness (QED) is 0.0634. The number of hydrogen-bond acceptors (Lipinski definition) is 6. The molecule has 0 radical (unpaired) electrons. The summed E-state index contributed by atoms with van der Waals surface area (Å²) in [6.45, 7) is 6.38. The highest BCUT2D eigenvalue weighted by Crippen LogP contribution is 2.42. The molecule has 0 aliphatic carbocycles. The van der Waals surface area contributed by atoms with Crippen LogP contribution < -0.4 is 15.8 Å². The van der Waals surface area contributed by atoms with Gasteiger partial charge in [0, 0.05) is 23.7 Å². The number of para-hydroxylation sites is 4. The summed E-state index contributed by atoms with van der Waals surface area (Å²) in [5.74, 6) is 2.05. The average molecular weight is 642 g/mol. The Morgan fingerprint density at radius 3 is 2.12 bits per heavy atom. The van der Waals surface area contributed by atoms with E-state index in [1.54, 1.807) is 0 Å². The second-order valence-corrected chi connectivity index (χ2v) is 11.3. The zero-order valence-corrected chi connectivity index (χ0v) is 27.1. The van der Waals surface area contributed by atoms with Gasteiger partial charge in [-0.15, -0.1) is 6.58 Å². The molecule has 0 aliphatic heterocycles. The number of aromatic nitrogens is 3. The Balaban J connectivity index is 1.51. The molecule has 7 aromatic rings. The zero-order valence-electron chi connectivity index (χ0n) is 27.1. The average Bonchev–Trinajstić information content (AvgIpc) is 3.78. The molecular formula is C41H35N7O. The maximum absolute atomic E-state index is 5.68. The largest absolute Gasteiger partial charge is 0.380 e. The summed E-state index contributed by atoms with van der Waals surface area (Å²) >= 11 is 0. The first-order chi connectivity index (χ1) is 24.2. The minimum Gasteiger partial charge on any atom is -0.380 e. The van der Waals surface area contributed by atoms with Gasteiger partial charge in [0.1, 0.15) is 17.1 Å². The molecular weight excluding hydrogens is 606 g/mol. The number of aliphatic imine (C=N–C) groups is 1. The van der Waals surface area contributed by atoms with E-state index in [2.05, 4.69) is 46.7 Å². The van der Waals surface area contributed by atoms with Gasteiger partial charge in [-0.05, 0) is 43.3 Å². The smallest absolute Gasteiger partial charge is 0.165 e. The number of hydrazine groups is 1. The lowest BCUT2D eigenvalue weighted by atomic mass is 10.0. The Kier molecular flexibility index (Phi) is 9.10. The summed E-state index contributed by atoms with van der Waals surface area (Å²) in [6.07, 6.45) is 1.83. The summed E-state index contributed by atoms with van der Waals surface area (Å²) < 4.78 is 7.62. The van der Waals surface area contributed by atoms with Gasteiger partial charge in [-0.2, -0.15) is 5.10 Å². The second-order valence-electron chi connectivity index (χ2n) is 11.3. The van der Waals surface area contributed by atoms with Crippen molar-refractivity contribution >= 4 is 28.7 Å². The van der Waals surface area contributed by atoms with Crippen LogP contribution in [0, 0.1) is 6.92 Å². The highest BCUT2D eigenvalue weighted by atomic mass is 16.5. The van der Waals surface area contributed by atoms with Crippen LogP contribution in [0.5, 0.6) is 0 Å². The number of nitrogens with zero attached hydrogens (tertiary/aromatic N) is 5. The zero-order chi connectivity index (χ0) is 33.4. The summed E-state index contributed by atoms with van der Waals surface area (Å²) in [6, 6.07) is 50.4. The number of aryl methyl sites for hydroxylation is 1. The molecule has 2 heterocycles. The van der Waals surface area contributed by atoms with Crippen LogP contribution in [0.15, 0.2) is 174 Å². The molecule has 240 valence electrons. The van der Waals surface area contributed by atoms with Crippen molar-refractivity contribution in [2.24, 2.45) is 4.99 Å². The van der Waals surface area contributed by atoms with Crippen molar-refractivity contribution in [1.82, 2.24) is 20.4 Å². The maximum Gasteiger partial charge on any atom is 0.165 e. The van der Waals surface area contributed by atoms with Gasteiger partial charge in [-0.3, -0.25) is 5.43 Å². The molecule has 0 saturated heterocycles. The Labute approximate surface area is 285 Å². The summed E-state index contributed by atoms with van der Waals surface area (Å²) in [5.41, 5.74) is 11.2. The first kappa shape index (κ1) is 31.0. The van der Waals surface area contributed by atoms with Crippen LogP contribution in [0.4, 0.5) is 22.9 Å². The third kappa shape index (κ3) is 6.75. The lowest BCUT2D eigenvalue weighted by molar-refractivity contribution is 0.399. The second kappa shape index (κ2) is 14.4. The van der Waals surface area contributed by atoms with Crippen molar-refractivity contribution in [2.45, 2.75) is 6.92 Å². The molecule has 49 heavy (non-hydrogen) atoms. The van der Waals surface area contributed by atoms with E-state index in [0.717, 1.165) is 51.0 Å². The van der Waals surface area contributed by atoms with E-state index in [-0.39, 0.29) is 0 Å². The fourth-order valence-corrected chi connectivity index (χ4v) is 5.58. The molecule has 2 N–H and O–H groups in total. The van der Waals surface area contributed by atoms with E-state index in [1.165, 1.54) is 0 Å². The topological polar surface area (TPSA) is 83.5 Å². The minimum atomic E-state index is 0.607. The molecule has 2 aromatic heterocycles. The van der Waals surface area contributed by atoms with Gasteiger partial charge < -0.3 is 9.84 Å². The predicted octanol–water partition coefficient (Wildman–Crippen LogP) is 9.52. The molecule has 7 rings (SSSR count). The van der Waals surface area contributed by atoms with Gasteiger partial charge in [0.05, 0.1) is 28.3 Å². The number of amidine groups is 1. The summed E-state index contributed by atoms with van der Waals surface area (Å²) in [5, 5.41) is 15.3. The Bertz CT molecular complexity index is 2170. The summed E-state index contributed by atoms with van der Waals surface area (Å²) in [7, 11) is 0. The van der Waals surface area contributed by atoms with Gasteiger partial charge >= 0.3 is 0 Å². The van der Waals surface area contributed by atoms with Gasteiger partial charge in [0.25, 0.3) is 0 Å². The molecule has 8 heteroatoms. The Hall–Kier alpha value is -6.67. The molecule has 8 nitrogen and oxygen atoms in total. The highest BCUT2D eigenvalue weighted by Gasteiger charge is 2.30. The highest BCUT2D eigenvalue weighted by molar-refractivity contribution is 6.03. The molecule has 0 bridgehead atoms. The van der Waals surface area contributed by atoms with Crippen molar-refractivity contribution < 1.29 is 4.52 Å². The van der Waals surface area contributed by atoms with Gasteiger partial charge in [0.2, 0.25) is 0 Å². The fourth-order valence-electron chi connectivity index (χ4n) is 5.58. The minimum absolute atomic E-state index is 0.607. The monoisotopic (exact) mass is 641 g/mol. The van der Waals surface area contributed by atoms with Crippen LogP contribution in [-0.2, 0) is 0 Å². The third-order valence-electron chi connectivity index (χ3n) is 7.86. The van der Waals surface area contributed by atoms with E-state index in [4.69, 9.17) is 14.6 Å². The van der Waals surface area contributed by atoms with Crippen LogP contribution >= 0.6 is 0 Å². The Morgan fingerprint density at radius 2 is 1.45 bits per heavy atom. The normalized spacial score (nSPS) is 11.2. The lowest BCUT2D eigenvalue weighted by Gasteiger charge is -2.29. The number of anilines is 3. The standard InChI is InChI=1S/C41H35N7O/c1-3-28-42-35-26-16-17-27-36(35)43-40(32-20-10-5-11-21-32)45-48(34-24-14-7-15-25-34)41-38(37-29-30(2)49-46-37)39(31-18-8-4-9-19-31)44-47(41)33-22-12-6-13-23-33/h3-27,29,42H,1,28H2,2H3,(H,43,45). The van der Waals surface area contributed by atoms with Gasteiger partial charge in [0.15, 0.2) is 11.7 Å². The van der Waals surface area contributed by atoms with Crippen LogP contribution in [0.25, 0.3) is 28.2 Å². The van der Waals surface area contributed by atoms with Crippen molar-refractivity contribution in [2.75, 3.05) is 16.9 Å². The van der Waals surface area contributed by atoms with E-state index in [0.29, 0.717) is 23.8 Å². The molecule has 0 aliphatic rings. The van der Waals surface area contributed by atoms with Crippen molar-refractivity contribution in [3.8, 4) is 28.2 Å². The first-order valence-electron chi connectivity index (χ1n) is 16.1. The lowest BCUT2D eigenvalue weighted by Crippen LogP contribution is -2.40. The molecule has 5 aromatic carbocycles. The van der Waals surface area contributed by atoms with E-state index >= 15 is 0 Å². The van der Waals surface area contributed by atoms with Crippen molar-refractivity contribution in [3.05, 3.63) is 176 Å². The summed E-state index contributed by atoms with van der Waals surface area (Å²) in [4.78, 5) is 5.25. The van der Waals surface area contributed by atoms with Gasteiger partial charge in [-0.25, -0.2) is 14.7 Å². The molecule has 0 spiro atoms. The third-order valence-corrected chi connectivity index (χ3v) is 7.86. The van der Waals surface area contributed by atoms with E-state index in [1.807, 2.05) is 150 Å². The fraction of sp³-hybridized carbons (Fsp3) is 0.0488. The van der Waals surface area contributed by atoms with Crippen molar-refractivity contribution in [3.63, 3.8) is 0 Å². The van der Waals surface area contributed by atoms with Crippen molar-refractivity contribution in [1.29, 1.82) is 0 Å². The number of nitrogens with one attached hydrogen (secondary N) is 2. The van der Waals surface area contributed by atoms with Gasteiger partial charge in [-0.1, -0.05) is 120 Å². The van der Waals surface area contributed by atoms with Crippen LogP contribution in [0.3, 0.4) is 0 Å². The molecule has 0 fully saturated rings. The Morgan fingerprint density at radius 1 is 0.816 bits per heavy atom. The molecule has 0 saturated carbocycles. The van der Waals surface area contributed by atoms with Crippen LogP contribution in [0.1, 0.15) is 11.3 Å². The first-order valence-corrected chi connectivity index (χ1v) is 16.1. The number of rotatable bonds is 11. The number of benzene rings is 5. The van der Waals surface area contributed by atoms with E-state index < -0.39 is 0 Å².